The summed E-state index contributed by atoms with van der Waals surface area (Å²) in [5.41, 5.74) is 10.7. The van der Waals surface area contributed by atoms with Gasteiger partial charge in [0.05, 0.1) is 16.8 Å². The van der Waals surface area contributed by atoms with Crippen LogP contribution in [0.4, 0.5) is 21.9 Å². The molecule has 2 aromatic carbocycles. The Kier molecular flexibility index (Phi) is 9.55. The lowest BCUT2D eigenvalue weighted by Crippen LogP contribution is -2.49. The van der Waals surface area contributed by atoms with Gasteiger partial charge in [-0.1, -0.05) is 0 Å². The first-order chi connectivity index (χ1) is 21.9. The summed E-state index contributed by atoms with van der Waals surface area (Å²) in [7, 11) is 3.53. The Morgan fingerprint density at radius 2 is 1.93 bits per heavy atom. The summed E-state index contributed by atoms with van der Waals surface area (Å²) < 4.78 is 7.38. The van der Waals surface area contributed by atoms with Crippen LogP contribution in [0, 0.1) is 0 Å². The molecule has 12 heteroatoms. The number of likely N-dealkylation sites (tertiary alicyclic amines) is 1. The van der Waals surface area contributed by atoms with Gasteiger partial charge in [0.1, 0.15) is 5.60 Å². The molecule has 0 radical (unpaired) electrons. The number of carbonyl (C=O) groups excluding carboxylic acids is 3. The van der Waals surface area contributed by atoms with Gasteiger partial charge in [-0.25, -0.2) is 4.79 Å². The number of ether oxygens (including phenoxy) is 1. The number of aromatic nitrogens is 2. The zero-order valence-electron chi connectivity index (χ0n) is 27.8. The third-order valence-electron chi connectivity index (χ3n) is 8.57. The molecule has 46 heavy (non-hydrogen) atoms. The standard InChI is InChI=1S/C34H46N8O4/c1-7-42(33(45)46-34(2,3)4)25-12-15-40(16-13-25)28-11-10-26(30(35)27(28)19-36-5)32(44)37-24-17-22-20-39(6)38-31(22)23(18-24)21-41-14-8-9-29(41)43/h10-11,17-20,25H,7-9,12-16,21,35H2,1-6H3,(H,37,44). The second-order valence-electron chi connectivity index (χ2n) is 13.1. The highest BCUT2D eigenvalue weighted by Crippen LogP contribution is 2.32. The molecule has 3 amide bonds. The van der Waals surface area contributed by atoms with Crippen molar-refractivity contribution in [1.82, 2.24) is 19.6 Å². The number of carbonyl (C=O) groups is 3. The number of nitrogen functional groups attached to an aromatic ring is 1. The van der Waals surface area contributed by atoms with Crippen molar-refractivity contribution in [2.75, 3.05) is 49.2 Å². The molecule has 2 saturated heterocycles. The molecular formula is C34H46N8O4. The van der Waals surface area contributed by atoms with E-state index in [1.54, 1.807) is 24.0 Å². The Morgan fingerprint density at radius 1 is 1.20 bits per heavy atom. The van der Waals surface area contributed by atoms with Gasteiger partial charge < -0.3 is 30.5 Å². The summed E-state index contributed by atoms with van der Waals surface area (Å²) in [4.78, 5) is 49.0. The number of nitrogens with one attached hydrogen (secondary N) is 1. The summed E-state index contributed by atoms with van der Waals surface area (Å²) in [5, 5.41) is 8.51. The summed E-state index contributed by atoms with van der Waals surface area (Å²) >= 11 is 0. The molecule has 246 valence electrons. The fourth-order valence-electron chi connectivity index (χ4n) is 6.43. The first-order valence-electron chi connectivity index (χ1n) is 16.0. The van der Waals surface area contributed by atoms with Gasteiger partial charge in [0.25, 0.3) is 5.91 Å². The zero-order valence-corrected chi connectivity index (χ0v) is 27.8. The van der Waals surface area contributed by atoms with Gasteiger partial charge in [0.15, 0.2) is 0 Å². The number of rotatable bonds is 8. The number of hydrogen-bond acceptors (Lipinski definition) is 8. The molecule has 0 spiro atoms. The number of nitrogens with zero attached hydrogens (tertiary/aromatic N) is 6. The topological polar surface area (TPSA) is 138 Å². The minimum absolute atomic E-state index is 0.0763. The zero-order chi connectivity index (χ0) is 33.2. The monoisotopic (exact) mass is 630 g/mol. The van der Waals surface area contributed by atoms with E-state index in [1.165, 1.54) is 0 Å². The lowest BCUT2D eigenvalue weighted by atomic mass is 9.99. The minimum atomic E-state index is -0.549. The van der Waals surface area contributed by atoms with Crippen molar-refractivity contribution in [1.29, 1.82) is 0 Å². The van der Waals surface area contributed by atoms with Crippen LogP contribution in [0.15, 0.2) is 35.5 Å². The van der Waals surface area contributed by atoms with Crippen LogP contribution in [-0.2, 0) is 23.1 Å². The normalized spacial score (nSPS) is 16.1. The molecule has 1 aromatic heterocycles. The number of nitrogens with two attached hydrogens (primary N) is 1. The fourth-order valence-corrected chi connectivity index (χ4v) is 6.43. The molecule has 0 unspecified atom stereocenters. The maximum absolute atomic E-state index is 13.7. The quantitative estimate of drug-likeness (QED) is 0.269. The van der Waals surface area contributed by atoms with E-state index in [4.69, 9.17) is 10.5 Å². The maximum Gasteiger partial charge on any atom is 0.410 e. The van der Waals surface area contributed by atoms with Crippen LogP contribution in [0.2, 0.25) is 0 Å². The maximum atomic E-state index is 13.7. The summed E-state index contributed by atoms with van der Waals surface area (Å²) in [5.74, 6) is -0.206. The molecule has 2 aliphatic rings. The number of hydrogen-bond donors (Lipinski definition) is 2. The third kappa shape index (κ3) is 7.11. The van der Waals surface area contributed by atoms with Gasteiger partial charge >= 0.3 is 6.09 Å². The largest absolute Gasteiger partial charge is 0.444 e. The summed E-state index contributed by atoms with van der Waals surface area (Å²) in [6.07, 6.45) is 6.27. The van der Waals surface area contributed by atoms with Crippen LogP contribution in [0.25, 0.3) is 10.9 Å². The highest BCUT2D eigenvalue weighted by molar-refractivity contribution is 6.12. The van der Waals surface area contributed by atoms with Crippen molar-refractivity contribution in [3.8, 4) is 0 Å². The van der Waals surface area contributed by atoms with Crippen LogP contribution in [0.3, 0.4) is 0 Å². The molecule has 2 aliphatic heterocycles. The van der Waals surface area contributed by atoms with E-state index >= 15 is 0 Å². The number of piperidine rings is 1. The highest BCUT2D eigenvalue weighted by Gasteiger charge is 2.31. The second kappa shape index (κ2) is 13.4. The first kappa shape index (κ1) is 32.8. The van der Waals surface area contributed by atoms with Gasteiger partial charge in [0, 0.05) is 99.6 Å². The summed E-state index contributed by atoms with van der Waals surface area (Å²) in [6, 6.07) is 7.52. The second-order valence-corrected chi connectivity index (χ2v) is 13.1. The van der Waals surface area contributed by atoms with Crippen molar-refractivity contribution in [2.45, 2.75) is 71.6 Å². The third-order valence-corrected chi connectivity index (χ3v) is 8.57. The smallest absolute Gasteiger partial charge is 0.410 e. The number of amides is 3. The number of anilines is 3. The molecule has 0 aliphatic carbocycles. The average molecular weight is 631 g/mol. The molecule has 5 rings (SSSR count). The Hall–Kier alpha value is -4.61. The molecule has 0 saturated carbocycles. The van der Waals surface area contributed by atoms with E-state index in [0.717, 1.165) is 41.4 Å². The van der Waals surface area contributed by atoms with E-state index in [1.807, 2.05) is 68.9 Å². The molecule has 2 fully saturated rings. The number of aliphatic imine (C=N–C) groups is 1. The molecule has 12 nitrogen and oxygen atoms in total. The highest BCUT2D eigenvalue weighted by atomic mass is 16.6. The first-order valence-corrected chi connectivity index (χ1v) is 16.0. The van der Waals surface area contributed by atoms with E-state index in [-0.39, 0.29) is 23.9 Å². The molecule has 0 bridgehead atoms. The Morgan fingerprint density at radius 3 is 2.57 bits per heavy atom. The van der Waals surface area contributed by atoms with Crippen LogP contribution in [-0.4, -0.2) is 88.6 Å². The van der Waals surface area contributed by atoms with Crippen molar-refractivity contribution < 1.29 is 19.1 Å². The molecular weight excluding hydrogens is 584 g/mol. The Labute approximate surface area is 270 Å². The van der Waals surface area contributed by atoms with E-state index < -0.39 is 5.60 Å². The van der Waals surface area contributed by atoms with Gasteiger partial charge in [-0.05, 0) is 71.2 Å². The SMILES string of the molecule is CCN(C(=O)OC(C)(C)C)C1CCN(c2ccc(C(=O)Nc3cc(CN4CCCC4=O)c4nn(C)cc4c3)c(N)c2C=NC)CC1. The van der Waals surface area contributed by atoms with Crippen LogP contribution in [0.1, 0.15) is 74.9 Å². The molecule has 3 aromatic rings. The van der Waals surface area contributed by atoms with Crippen molar-refractivity contribution in [3.63, 3.8) is 0 Å². The molecule has 3 heterocycles. The van der Waals surface area contributed by atoms with Crippen molar-refractivity contribution in [3.05, 3.63) is 47.2 Å². The van der Waals surface area contributed by atoms with Crippen LogP contribution in [0.5, 0.6) is 0 Å². The Balaban J connectivity index is 1.34. The van der Waals surface area contributed by atoms with E-state index in [2.05, 4.69) is 20.3 Å². The lowest BCUT2D eigenvalue weighted by molar-refractivity contribution is -0.128. The number of fused-ring (bicyclic) bond motifs is 1. The van der Waals surface area contributed by atoms with Crippen molar-refractivity contribution >= 4 is 52.1 Å². The van der Waals surface area contributed by atoms with Crippen LogP contribution < -0.4 is 16.0 Å². The minimum Gasteiger partial charge on any atom is -0.444 e. The number of benzene rings is 2. The van der Waals surface area contributed by atoms with Gasteiger partial charge in [-0.2, -0.15) is 5.10 Å². The van der Waals surface area contributed by atoms with E-state index in [9.17, 15) is 14.4 Å². The van der Waals surface area contributed by atoms with Crippen molar-refractivity contribution in [2.24, 2.45) is 12.0 Å². The fraction of sp³-hybridized carbons (Fsp3) is 0.500. The van der Waals surface area contributed by atoms with Crippen LogP contribution >= 0.6 is 0 Å². The van der Waals surface area contributed by atoms with Gasteiger partial charge in [-0.3, -0.25) is 19.3 Å². The van der Waals surface area contributed by atoms with Gasteiger partial charge in [-0.15, -0.1) is 0 Å². The summed E-state index contributed by atoms with van der Waals surface area (Å²) in [6.45, 7) is 10.8. The lowest BCUT2D eigenvalue weighted by Gasteiger charge is -2.40. The van der Waals surface area contributed by atoms with Gasteiger partial charge in [0.2, 0.25) is 5.91 Å². The number of aryl methyl sites for hydroxylation is 1. The van der Waals surface area contributed by atoms with E-state index in [0.29, 0.717) is 61.6 Å². The predicted molar refractivity (Wildman–Crippen MR) is 182 cm³/mol. The molecule has 0 atom stereocenters. The Bertz CT molecular complexity index is 1650. The molecule has 3 N–H and O–H groups in total. The predicted octanol–water partition coefficient (Wildman–Crippen LogP) is 4.80. The average Bonchev–Trinajstić information content (AvgIpc) is 3.57.